The molecule has 1 aliphatic rings. The zero-order valence-corrected chi connectivity index (χ0v) is 15.6. The molecular weight excluding hydrogens is 366 g/mol. The van der Waals surface area contributed by atoms with E-state index in [9.17, 15) is 8.42 Å². The van der Waals surface area contributed by atoms with Gasteiger partial charge in [0.15, 0.2) is 0 Å². The van der Waals surface area contributed by atoms with Crippen molar-refractivity contribution in [1.29, 1.82) is 0 Å². The minimum atomic E-state index is -3.32. The second-order valence-corrected chi connectivity index (χ2v) is 8.43. The molecule has 1 aromatic heterocycles. The van der Waals surface area contributed by atoms with Crippen LogP contribution in [0.15, 0.2) is 59.1 Å². The number of aryl methyl sites for hydroxylation is 1. The minimum Gasteiger partial charge on any atom is -0.488 e. The van der Waals surface area contributed by atoms with E-state index in [1.807, 2.05) is 54.6 Å². The number of rotatable bonds is 6. The van der Waals surface area contributed by atoms with Crippen molar-refractivity contribution in [1.82, 2.24) is 14.4 Å². The molecule has 1 aliphatic heterocycles. The highest BCUT2D eigenvalue weighted by Crippen LogP contribution is 2.24. The van der Waals surface area contributed by atoms with Crippen LogP contribution in [0.25, 0.3) is 11.4 Å². The van der Waals surface area contributed by atoms with E-state index >= 15 is 0 Å². The van der Waals surface area contributed by atoms with Crippen molar-refractivity contribution in [3.05, 3.63) is 66.1 Å². The molecule has 0 radical (unpaired) electrons. The maximum Gasteiger partial charge on any atom is 0.223 e. The molecular formula is C19H19N3O4S. The van der Waals surface area contributed by atoms with Crippen molar-refractivity contribution in [2.75, 3.05) is 13.1 Å². The first-order valence-electron chi connectivity index (χ1n) is 8.59. The fourth-order valence-electron chi connectivity index (χ4n) is 2.87. The smallest absolute Gasteiger partial charge is 0.223 e. The van der Waals surface area contributed by atoms with Crippen molar-refractivity contribution in [3.63, 3.8) is 0 Å². The highest BCUT2D eigenvalue weighted by atomic mass is 32.2. The number of nitrogens with zero attached hydrogens (tertiary/aromatic N) is 3. The van der Waals surface area contributed by atoms with E-state index in [0.29, 0.717) is 30.6 Å². The first kappa shape index (κ1) is 17.7. The van der Waals surface area contributed by atoms with Gasteiger partial charge >= 0.3 is 0 Å². The monoisotopic (exact) mass is 385 g/mol. The summed E-state index contributed by atoms with van der Waals surface area (Å²) in [5.41, 5.74) is 1.62. The van der Waals surface area contributed by atoms with Gasteiger partial charge < -0.3 is 9.26 Å². The Morgan fingerprint density at radius 3 is 2.44 bits per heavy atom. The van der Waals surface area contributed by atoms with E-state index in [1.54, 1.807) is 6.92 Å². The van der Waals surface area contributed by atoms with Crippen LogP contribution in [0.5, 0.6) is 5.75 Å². The van der Waals surface area contributed by atoms with Crippen LogP contribution in [0.2, 0.25) is 0 Å². The van der Waals surface area contributed by atoms with E-state index in [1.165, 1.54) is 4.31 Å². The summed E-state index contributed by atoms with van der Waals surface area (Å²) in [7, 11) is -3.32. The average molecular weight is 385 g/mol. The standard InChI is InChI=1S/C19H19N3O4S/c1-14-20-19(21-26-14)16-7-9-17(10-8-16)25-18-11-22(12-18)27(23,24)13-15-5-3-2-4-6-15/h2-10,18H,11-13H2,1H3. The fourth-order valence-corrected chi connectivity index (χ4v) is 4.45. The Bertz CT molecular complexity index is 1010. The maximum atomic E-state index is 12.4. The van der Waals surface area contributed by atoms with Crippen molar-refractivity contribution in [2.24, 2.45) is 0 Å². The van der Waals surface area contributed by atoms with Crippen LogP contribution < -0.4 is 4.74 Å². The molecule has 0 aliphatic carbocycles. The second-order valence-electron chi connectivity index (χ2n) is 6.46. The molecule has 1 saturated heterocycles. The second kappa shape index (κ2) is 7.13. The largest absolute Gasteiger partial charge is 0.488 e. The van der Waals surface area contributed by atoms with Crippen LogP contribution >= 0.6 is 0 Å². The molecule has 2 heterocycles. The normalized spacial score (nSPS) is 15.4. The molecule has 7 nitrogen and oxygen atoms in total. The summed E-state index contributed by atoms with van der Waals surface area (Å²) in [6.07, 6.45) is -0.145. The zero-order valence-electron chi connectivity index (χ0n) is 14.8. The van der Waals surface area contributed by atoms with E-state index in [2.05, 4.69) is 10.1 Å². The molecule has 0 bridgehead atoms. The lowest BCUT2D eigenvalue weighted by Crippen LogP contribution is -2.56. The molecule has 0 saturated carbocycles. The third kappa shape index (κ3) is 4.01. The van der Waals surface area contributed by atoms with Crippen molar-refractivity contribution >= 4 is 10.0 Å². The lowest BCUT2D eigenvalue weighted by molar-refractivity contribution is 0.0761. The summed E-state index contributed by atoms with van der Waals surface area (Å²) in [6, 6.07) is 16.5. The Labute approximate surface area is 157 Å². The summed E-state index contributed by atoms with van der Waals surface area (Å²) in [5.74, 6) is 1.74. The van der Waals surface area contributed by atoms with Gasteiger partial charge in [-0.1, -0.05) is 35.5 Å². The van der Waals surface area contributed by atoms with E-state index < -0.39 is 10.0 Å². The number of hydrogen-bond acceptors (Lipinski definition) is 6. The lowest BCUT2D eigenvalue weighted by atomic mass is 10.2. The predicted molar refractivity (Wildman–Crippen MR) is 99.5 cm³/mol. The SMILES string of the molecule is Cc1nc(-c2ccc(OC3CN(S(=O)(=O)Cc4ccccc4)C3)cc2)no1. The minimum absolute atomic E-state index is 0.0133. The molecule has 0 spiro atoms. The highest BCUT2D eigenvalue weighted by Gasteiger charge is 2.37. The van der Waals surface area contributed by atoms with Crippen LogP contribution in [-0.4, -0.2) is 42.1 Å². The summed E-state index contributed by atoms with van der Waals surface area (Å²) >= 11 is 0. The van der Waals surface area contributed by atoms with E-state index in [-0.39, 0.29) is 11.9 Å². The number of hydrogen-bond donors (Lipinski definition) is 0. The fraction of sp³-hybridized carbons (Fsp3) is 0.263. The van der Waals surface area contributed by atoms with Gasteiger partial charge in [-0.3, -0.25) is 0 Å². The summed E-state index contributed by atoms with van der Waals surface area (Å²) in [5, 5.41) is 3.88. The number of sulfonamides is 1. The third-order valence-electron chi connectivity index (χ3n) is 4.34. The van der Waals surface area contributed by atoms with Crippen molar-refractivity contribution in [2.45, 2.75) is 18.8 Å². The number of ether oxygens (including phenoxy) is 1. The third-order valence-corrected chi connectivity index (χ3v) is 6.13. The molecule has 4 rings (SSSR count). The van der Waals surface area contributed by atoms with Crippen LogP contribution in [0.1, 0.15) is 11.5 Å². The van der Waals surface area contributed by atoms with Crippen LogP contribution in [0, 0.1) is 6.92 Å². The first-order chi connectivity index (χ1) is 13.0. The maximum absolute atomic E-state index is 12.4. The molecule has 27 heavy (non-hydrogen) atoms. The summed E-state index contributed by atoms with van der Waals surface area (Å²) < 4.78 is 37.1. The molecule has 3 aromatic rings. The predicted octanol–water partition coefficient (Wildman–Crippen LogP) is 2.64. The van der Waals surface area contributed by atoms with Crippen LogP contribution in [-0.2, 0) is 15.8 Å². The van der Waals surface area contributed by atoms with Gasteiger partial charge in [-0.2, -0.15) is 9.29 Å². The van der Waals surface area contributed by atoms with Crippen LogP contribution in [0.4, 0.5) is 0 Å². The molecule has 0 unspecified atom stereocenters. The number of benzene rings is 2. The Morgan fingerprint density at radius 2 is 1.81 bits per heavy atom. The Hall–Kier alpha value is -2.71. The Balaban J connectivity index is 1.32. The molecule has 140 valence electrons. The lowest BCUT2D eigenvalue weighted by Gasteiger charge is -2.37. The molecule has 1 fully saturated rings. The Morgan fingerprint density at radius 1 is 1.11 bits per heavy atom. The average Bonchev–Trinajstić information content (AvgIpc) is 3.05. The molecule has 0 amide bonds. The van der Waals surface area contributed by atoms with Gasteiger partial charge in [0.25, 0.3) is 0 Å². The highest BCUT2D eigenvalue weighted by molar-refractivity contribution is 7.88. The quantitative estimate of drug-likeness (QED) is 0.648. The topological polar surface area (TPSA) is 85.5 Å². The molecule has 8 heteroatoms. The van der Waals surface area contributed by atoms with Gasteiger partial charge in [0.2, 0.25) is 21.7 Å². The van der Waals surface area contributed by atoms with Gasteiger partial charge in [0.05, 0.1) is 18.8 Å². The summed E-state index contributed by atoms with van der Waals surface area (Å²) in [4.78, 5) is 4.18. The summed E-state index contributed by atoms with van der Waals surface area (Å²) in [6.45, 7) is 2.46. The van der Waals surface area contributed by atoms with E-state index in [4.69, 9.17) is 9.26 Å². The molecule has 2 aromatic carbocycles. The van der Waals surface area contributed by atoms with Gasteiger partial charge in [0, 0.05) is 12.5 Å². The van der Waals surface area contributed by atoms with Crippen LogP contribution in [0.3, 0.4) is 0 Å². The van der Waals surface area contributed by atoms with E-state index in [0.717, 1.165) is 11.1 Å². The van der Waals surface area contributed by atoms with Crippen molar-refractivity contribution < 1.29 is 17.7 Å². The Kier molecular flexibility index (Phi) is 4.67. The van der Waals surface area contributed by atoms with Gasteiger partial charge in [-0.15, -0.1) is 0 Å². The van der Waals surface area contributed by atoms with Gasteiger partial charge in [-0.25, -0.2) is 8.42 Å². The molecule has 0 atom stereocenters. The number of aromatic nitrogens is 2. The zero-order chi connectivity index (χ0) is 18.9. The molecule has 0 N–H and O–H groups in total. The van der Waals surface area contributed by atoms with Crippen molar-refractivity contribution in [3.8, 4) is 17.1 Å². The first-order valence-corrected chi connectivity index (χ1v) is 10.2. The van der Waals surface area contributed by atoms with Gasteiger partial charge in [-0.05, 0) is 29.8 Å². The van der Waals surface area contributed by atoms with Gasteiger partial charge in [0.1, 0.15) is 11.9 Å².